The summed E-state index contributed by atoms with van der Waals surface area (Å²) in [6.07, 6.45) is 0.864. The molecule has 1 unspecified atom stereocenters. The second-order valence-corrected chi connectivity index (χ2v) is 7.50. The molecule has 0 spiro atoms. The van der Waals surface area contributed by atoms with Gasteiger partial charge in [0.05, 0.1) is 11.8 Å². The first-order valence-electron chi connectivity index (χ1n) is 7.87. The second kappa shape index (κ2) is 9.36. The highest BCUT2D eigenvalue weighted by atomic mass is 35.5. The van der Waals surface area contributed by atoms with Gasteiger partial charge in [0.1, 0.15) is 0 Å². The Morgan fingerprint density at radius 1 is 1.17 bits per heavy atom. The van der Waals surface area contributed by atoms with Crippen LogP contribution in [0.4, 0.5) is 0 Å². The monoisotopic (exact) mass is 381 g/mol. The lowest BCUT2D eigenvalue weighted by molar-refractivity contribution is -0.119. The van der Waals surface area contributed by atoms with Crippen molar-refractivity contribution in [3.63, 3.8) is 0 Å². The van der Waals surface area contributed by atoms with Crippen LogP contribution >= 0.6 is 35.0 Å². The van der Waals surface area contributed by atoms with Gasteiger partial charge in [-0.3, -0.25) is 4.79 Å². The van der Waals surface area contributed by atoms with Crippen molar-refractivity contribution >= 4 is 40.9 Å². The first-order valence-corrected chi connectivity index (χ1v) is 9.78. The number of amides is 1. The fraction of sp³-hybridized carbons (Fsp3) is 0.316. The highest BCUT2D eigenvalue weighted by Gasteiger charge is 2.13. The van der Waals surface area contributed by atoms with Crippen molar-refractivity contribution in [3.05, 3.63) is 69.2 Å². The molecular weight excluding hydrogens is 361 g/mol. The molecule has 0 bridgehead atoms. The average Bonchev–Trinajstić information content (AvgIpc) is 2.55. The summed E-state index contributed by atoms with van der Waals surface area (Å²) in [5.74, 6) is 1.13. The molecule has 0 saturated heterocycles. The van der Waals surface area contributed by atoms with Crippen LogP contribution in [0.15, 0.2) is 42.5 Å². The van der Waals surface area contributed by atoms with E-state index in [4.69, 9.17) is 23.2 Å². The maximum Gasteiger partial charge on any atom is 0.230 e. The van der Waals surface area contributed by atoms with Crippen LogP contribution in [-0.2, 0) is 10.5 Å². The minimum absolute atomic E-state index is 0.0394. The number of benzene rings is 2. The zero-order valence-electron chi connectivity index (χ0n) is 13.8. The molecule has 0 radical (unpaired) electrons. The van der Waals surface area contributed by atoms with Gasteiger partial charge in [0.2, 0.25) is 5.91 Å². The zero-order valence-corrected chi connectivity index (χ0v) is 16.1. The molecule has 0 aliphatic heterocycles. The third kappa shape index (κ3) is 5.73. The van der Waals surface area contributed by atoms with Crippen LogP contribution in [0.1, 0.15) is 36.1 Å². The average molecular weight is 382 g/mol. The third-order valence-electron chi connectivity index (χ3n) is 3.73. The van der Waals surface area contributed by atoms with Crippen LogP contribution in [0.25, 0.3) is 0 Å². The number of hydrogen-bond donors (Lipinski definition) is 1. The number of aryl methyl sites for hydroxylation is 1. The van der Waals surface area contributed by atoms with E-state index in [0.29, 0.717) is 21.6 Å². The summed E-state index contributed by atoms with van der Waals surface area (Å²) in [6.45, 7) is 4.13. The molecule has 1 amide bonds. The molecule has 0 saturated carbocycles. The largest absolute Gasteiger partial charge is 0.349 e. The molecule has 2 aromatic carbocycles. The van der Waals surface area contributed by atoms with Crippen LogP contribution < -0.4 is 5.32 Å². The summed E-state index contributed by atoms with van der Waals surface area (Å²) in [4.78, 5) is 12.2. The van der Waals surface area contributed by atoms with Crippen molar-refractivity contribution < 1.29 is 4.79 Å². The molecule has 0 aliphatic rings. The normalized spacial score (nSPS) is 12.0. The van der Waals surface area contributed by atoms with Crippen LogP contribution in [0.2, 0.25) is 10.0 Å². The number of hydrogen-bond acceptors (Lipinski definition) is 2. The summed E-state index contributed by atoms with van der Waals surface area (Å²) >= 11 is 13.6. The van der Waals surface area contributed by atoms with Crippen LogP contribution in [-0.4, -0.2) is 11.7 Å². The van der Waals surface area contributed by atoms with E-state index in [1.807, 2.05) is 12.1 Å². The Labute approximate surface area is 157 Å². The molecule has 0 heterocycles. The summed E-state index contributed by atoms with van der Waals surface area (Å²) in [6, 6.07) is 13.8. The third-order valence-corrected chi connectivity index (χ3v) is 5.30. The molecule has 1 N–H and O–H groups in total. The van der Waals surface area contributed by atoms with Gasteiger partial charge in [0, 0.05) is 15.8 Å². The molecule has 0 aromatic heterocycles. The molecule has 2 nitrogen and oxygen atoms in total. The molecule has 2 rings (SSSR count). The van der Waals surface area contributed by atoms with Gasteiger partial charge in [-0.2, -0.15) is 0 Å². The number of carbonyl (C=O) groups excluding carboxylic acids is 1. The van der Waals surface area contributed by atoms with Gasteiger partial charge in [0.25, 0.3) is 0 Å². The van der Waals surface area contributed by atoms with Gasteiger partial charge in [0.15, 0.2) is 0 Å². The Morgan fingerprint density at radius 2 is 1.88 bits per heavy atom. The second-order valence-electron chi connectivity index (χ2n) is 5.67. The maximum absolute atomic E-state index is 12.2. The highest BCUT2D eigenvalue weighted by Crippen LogP contribution is 2.25. The van der Waals surface area contributed by atoms with Gasteiger partial charge >= 0.3 is 0 Å². The molecule has 24 heavy (non-hydrogen) atoms. The number of halogens is 2. The molecule has 128 valence electrons. The van der Waals surface area contributed by atoms with Crippen molar-refractivity contribution in [3.8, 4) is 0 Å². The first kappa shape index (κ1) is 19.2. The quantitative estimate of drug-likeness (QED) is 0.655. The molecule has 0 aliphatic carbocycles. The minimum Gasteiger partial charge on any atom is -0.349 e. The highest BCUT2D eigenvalue weighted by molar-refractivity contribution is 7.99. The van der Waals surface area contributed by atoms with Crippen LogP contribution in [0.5, 0.6) is 0 Å². The summed E-state index contributed by atoms with van der Waals surface area (Å²) in [5, 5.41) is 4.36. The van der Waals surface area contributed by atoms with E-state index < -0.39 is 0 Å². The Hall–Kier alpha value is -1.16. The SMILES string of the molecule is CCC(NC(=O)CSCc1ccc(Cl)cc1Cl)c1ccc(C)cc1. The van der Waals surface area contributed by atoms with E-state index in [0.717, 1.165) is 17.5 Å². The van der Waals surface area contributed by atoms with E-state index >= 15 is 0 Å². The topological polar surface area (TPSA) is 29.1 Å². The van der Waals surface area contributed by atoms with Crippen molar-refractivity contribution in [1.29, 1.82) is 0 Å². The lowest BCUT2D eigenvalue weighted by atomic mass is 10.0. The van der Waals surface area contributed by atoms with E-state index in [9.17, 15) is 4.79 Å². The van der Waals surface area contributed by atoms with Gasteiger partial charge in [-0.05, 0) is 36.6 Å². The minimum atomic E-state index is 0.0394. The van der Waals surface area contributed by atoms with Crippen LogP contribution in [0, 0.1) is 6.92 Å². The smallest absolute Gasteiger partial charge is 0.230 e. The van der Waals surface area contributed by atoms with E-state index in [1.54, 1.807) is 17.8 Å². The lowest BCUT2D eigenvalue weighted by Crippen LogP contribution is -2.29. The van der Waals surface area contributed by atoms with Crippen molar-refractivity contribution in [2.24, 2.45) is 0 Å². The standard InChI is InChI=1S/C19H21Cl2NOS/c1-3-18(14-6-4-13(2)5-7-14)22-19(23)12-24-11-15-8-9-16(20)10-17(15)21/h4-10,18H,3,11-12H2,1-2H3,(H,22,23). The van der Waals surface area contributed by atoms with Crippen LogP contribution in [0.3, 0.4) is 0 Å². The Balaban J connectivity index is 1.84. The summed E-state index contributed by atoms with van der Waals surface area (Å²) in [7, 11) is 0. The zero-order chi connectivity index (χ0) is 17.5. The molecule has 5 heteroatoms. The van der Waals surface area contributed by atoms with Gasteiger partial charge in [-0.1, -0.05) is 66.0 Å². The van der Waals surface area contributed by atoms with Crippen molar-refractivity contribution in [1.82, 2.24) is 5.32 Å². The van der Waals surface area contributed by atoms with E-state index in [1.165, 1.54) is 5.56 Å². The van der Waals surface area contributed by atoms with E-state index in [2.05, 4.69) is 43.4 Å². The number of thioether (sulfide) groups is 1. The van der Waals surface area contributed by atoms with Crippen molar-refractivity contribution in [2.75, 3.05) is 5.75 Å². The summed E-state index contributed by atoms with van der Waals surface area (Å²) < 4.78 is 0. The predicted molar refractivity (Wildman–Crippen MR) is 105 cm³/mol. The number of rotatable bonds is 7. The van der Waals surface area contributed by atoms with Gasteiger partial charge in [-0.15, -0.1) is 11.8 Å². The molecular formula is C19H21Cl2NOS. The van der Waals surface area contributed by atoms with Gasteiger partial charge < -0.3 is 5.32 Å². The Morgan fingerprint density at radius 3 is 2.50 bits per heavy atom. The van der Waals surface area contributed by atoms with Gasteiger partial charge in [-0.25, -0.2) is 0 Å². The summed E-state index contributed by atoms with van der Waals surface area (Å²) in [5.41, 5.74) is 3.35. The predicted octanol–water partition coefficient (Wildman–Crippen LogP) is 5.80. The maximum atomic E-state index is 12.2. The Bertz CT molecular complexity index is 688. The molecule has 1 atom stereocenters. The van der Waals surface area contributed by atoms with Crippen molar-refractivity contribution in [2.45, 2.75) is 32.1 Å². The number of carbonyl (C=O) groups is 1. The molecule has 2 aromatic rings. The van der Waals surface area contributed by atoms with E-state index in [-0.39, 0.29) is 11.9 Å². The Kier molecular flexibility index (Phi) is 7.47. The first-order chi connectivity index (χ1) is 11.5. The molecule has 0 fully saturated rings. The number of nitrogens with one attached hydrogen (secondary N) is 1. The lowest BCUT2D eigenvalue weighted by Gasteiger charge is -2.17. The fourth-order valence-electron chi connectivity index (χ4n) is 2.35. The fourth-order valence-corrected chi connectivity index (χ4v) is 3.75.